The van der Waals surface area contributed by atoms with Gasteiger partial charge in [-0.05, 0) is 71.8 Å². The summed E-state index contributed by atoms with van der Waals surface area (Å²) in [5, 5.41) is 4.82. The van der Waals surface area contributed by atoms with E-state index in [-0.39, 0.29) is 11.8 Å². The van der Waals surface area contributed by atoms with Gasteiger partial charge < -0.3 is 10.2 Å². The summed E-state index contributed by atoms with van der Waals surface area (Å²) in [5.41, 5.74) is 6.65. The average Bonchev–Trinajstić information content (AvgIpc) is 3.18. The second kappa shape index (κ2) is 8.44. The van der Waals surface area contributed by atoms with E-state index in [1.165, 1.54) is 22.5 Å². The van der Waals surface area contributed by atoms with E-state index >= 15 is 0 Å². The lowest BCUT2D eigenvalue weighted by Crippen LogP contribution is -2.32. The van der Waals surface area contributed by atoms with E-state index in [0.717, 1.165) is 23.2 Å². The van der Waals surface area contributed by atoms with Crippen LogP contribution in [0.25, 0.3) is 11.1 Å². The third kappa shape index (κ3) is 3.72. The number of benzene rings is 3. The van der Waals surface area contributed by atoms with Crippen LogP contribution in [0, 0.1) is 6.92 Å². The second-order valence-electron chi connectivity index (χ2n) is 7.85. The van der Waals surface area contributed by atoms with Gasteiger partial charge in [-0.15, -0.1) is 11.3 Å². The molecule has 0 fully saturated rings. The van der Waals surface area contributed by atoms with Crippen molar-refractivity contribution in [1.82, 2.24) is 0 Å². The highest BCUT2D eigenvalue weighted by molar-refractivity contribution is 7.12. The number of hydrogen-bond donors (Lipinski definition) is 1. The van der Waals surface area contributed by atoms with Gasteiger partial charge in [-0.1, -0.05) is 42.5 Å². The Morgan fingerprint density at radius 3 is 2.34 bits per heavy atom. The van der Waals surface area contributed by atoms with Gasteiger partial charge in [-0.25, -0.2) is 0 Å². The van der Waals surface area contributed by atoms with E-state index in [4.69, 9.17) is 0 Å². The fraction of sp³-hybridized carbons (Fsp3) is 0.111. The van der Waals surface area contributed by atoms with E-state index in [0.29, 0.717) is 22.7 Å². The van der Waals surface area contributed by atoms with Gasteiger partial charge in [0.2, 0.25) is 0 Å². The number of aryl methyl sites for hydroxylation is 1. The molecule has 2 amide bonds. The van der Waals surface area contributed by atoms with E-state index in [1.807, 2.05) is 53.6 Å². The highest BCUT2D eigenvalue weighted by Gasteiger charge is 2.24. The predicted octanol–water partition coefficient (Wildman–Crippen LogP) is 6.18. The minimum Gasteiger partial charge on any atom is -0.321 e. The summed E-state index contributed by atoms with van der Waals surface area (Å²) in [5.74, 6) is -0.173. The van der Waals surface area contributed by atoms with Crippen molar-refractivity contribution in [2.24, 2.45) is 0 Å². The average molecular weight is 439 g/mol. The number of hydrogen-bond acceptors (Lipinski definition) is 3. The van der Waals surface area contributed by atoms with Gasteiger partial charge in [0.25, 0.3) is 11.8 Å². The van der Waals surface area contributed by atoms with Gasteiger partial charge in [-0.2, -0.15) is 0 Å². The Hall–Kier alpha value is -3.70. The van der Waals surface area contributed by atoms with Crippen molar-refractivity contribution in [2.45, 2.75) is 13.3 Å². The van der Waals surface area contributed by atoms with Crippen molar-refractivity contribution in [3.8, 4) is 11.1 Å². The zero-order valence-corrected chi connectivity index (χ0v) is 18.5. The van der Waals surface area contributed by atoms with Crippen LogP contribution in [-0.2, 0) is 6.42 Å². The van der Waals surface area contributed by atoms with Crippen molar-refractivity contribution in [3.05, 3.63) is 106 Å². The lowest BCUT2D eigenvalue weighted by molar-refractivity contribution is 0.0986. The van der Waals surface area contributed by atoms with Crippen LogP contribution >= 0.6 is 11.3 Å². The Kier molecular flexibility index (Phi) is 5.33. The highest BCUT2D eigenvalue weighted by atomic mass is 32.1. The molecule has 0 bridgehead atoms. The van der Waals surface area contributed by atoms with Crippen molar-refractivity contribution in [1.29, 1.82) is 0 Å². The first-order chi connectivity index (χ1) is 15.6. The van der Waals surface area contributed by atoms with Gasteiger partial charge in [0.05, 0.1) is 10.6 Å². The molecule has 5 heteroatoms. The van der Waals surface area contributed by atoms with Crippen LogP contribution < -0.4 is 10.2 Å². The first kappa shape index (κ1) is 20.2. The molecule has 0 aliphatic carbocycles. The second-order valence-corrected chi connectivity index (χ2v) is 8.76. The normalized spacial score (nSPS) is 12.5. The quantitative estimate of drug-likeness (QED) is 0.415. The van der Waals surface area contributed by atoms with Crippen molar-refractivity contribution in [2.75, 3.05) is 16.8 Å². The number of thiophene rings is 1. The molecule has 158 valence electrons. The lowest BCUT2D eigenvalue weighted by atomic mass is 9.98. The summed E-state index contributed by atoms with van der Waals surface area (Å²) >= 11 is 1.42. The summed E-state index contributed by atoms with van der Waals surface area (Å²) < 4.78 is 0. The summed E-state index contributed by atoms with van der Waals surface area (Å²) in [6.45, 7) is 2.54. The Labute approximate surface area is 191 Å². The molecule has 1 aromatic heterocycles. The first-order valence-corrected chi connectivity index (χ1v) is 11.4. The number of rotatable bonds is 3. The van der Waals surface area contributed by atoms with Crippen molar-refractivity contribution in [3.63, 3.8) is 0 Å². The van der Waals surface area contributed by atoms with Crippen LogP contribution in [0.5, 0.6) is 0 Å². The van der Waals surface area contributed by atoms with Crippen LogP contribution in [0.2, 0.25) is 0 Å². The standard InChI is InChI=1S/C27H22N2O2S/c1-18-15-17-32-25(18)26(30)28-21-12-10-20(11-13-21)27(31)29-16-14-19-6-2-3-7-22(19)23-8-4-5-9-24(23)29/h2-13,15,17H,14,16H2,1H3,(H,28,30). The third-order valence-corrected chi connectivity index (χ3v) is 6.83. The third-order valence-electron chi connectivity index (χ3n) is 5.81. The number of nitrogens with one attached hydrogen (secondary N) is 1. The van der Waals surface area contributed by atoms with Crippen molar-refractivity contribution < 1.29 is 9.59 Å². The van der Waals surface area contributed by atoms with Crippen LogP contribution in [0.1, 0.15) is 31.2 Å². The fourth-order valence-electron chi connectivity index (χ4n) is 4.15. The molecule has 2 heterocycles. The summed E-state index contributed by atoms with van der Waals surface area (Å²) in [7, 11) is 0. The molecule has 0 spiro atoms. The topological polar surface area (TPSA) is 49.4 Å². The molecular formula is C27H22N2O2S. The Morgan fingerprint density at radius 2 is 1.59 bits per heavy atom. The van der Waals surface area contributed by atoms with Crippen molar-refractivity contribution >= 4 is 34.5 Å². The number of fused-ring (bicyclic) bond motifs is 3. The monoisotopic (exact) mass is 438 g/mol. The molecule has 1 aliphatic rings. The van der Waals surface area contributed by atoms with Gasteiger partial charge in [0.15, 0.2) is 0 Å². The van der Waals surface area contributed by atoms with Gasteiger partial charge in [0, 0.05) is 23.4 Å². The van der Waals surface area contributed by atoms with Gasteiger partial charge in [-0.3, -0.25) is 9.59 Å². The number of para-hydroxylation sites is 1. The maximum absolute atomic E-state index is 13.5. The molecule has 3 aromatic carbocycles. The van der Waals surface area contributed by atoms with E-state index in [9.17, 15) is 9.59 Å². The van der Waals surface area contributed by atoms with E-state index in [2.05, 4.69) is 23.5 Å². The van der Waals surface area contributed by atoms with Crippen LogP contribution in [0.15, 0.2) is 84.2 Å². The molecule has 1 aliphatic heterocycles. The molecule has 4 aromatic rings. The molecule has 1 N–H and O–H groups in total. The summed E-state index contributed by atoms with van der Waals surface area (Å²) in [6.07, 6.45) is 0.797. The molecule has 0 radical (unpaired) electrons. The molecule has 0 atom stereocenters. The Balaban J connectivity index is 1.40. The number of anilines is 2. The SMILES string of the molecule is Cc1ccsc1C(=O)Nc1ccc(C(=O)N2CCc3ccccc3-c3ccccc32)cc1. The van der Waals surface area contributed by atoms with Crippen LogP contribution in [0.4, 0.5) is 11.4 Å². The van der Waals surface area contributed by atoms with Crippen LogP contribution in [0.3, 0.4) is 0 Å². The highest BCUT2D eigenvalue weighted by Crippen LogP contribution is 2.36. The minimum atomic E-state index is -0.129. The number of nitrogens with zero attached hydrogens (tertiary/aromatic N) is 1. The molecule has 0 saturated carbocycles. The molecule has 0 saturated heterocycles. The maximum Gasteiger partial charge on any atom is 0.265 e. The minimum absolute atomic E-state index is 0.0442. The fourth-order valence-corrected chi connectivity index (χ4v) is 4.97. The van der Waals surface area contributed by atoms with Gasteiger partial charge in [0.1, 0.15) is 0 Å². The number of carbonyl (C=O) groups excluding carboxylic acids is 2. The summed E-state index contributed by atoms with van der Waals surface area (Å²) in [4.78, 5) is 28.5. The number of amides is 2. The Morgan fingerprint density at radius 1 is 0.875 bits per heavy atom. The molecular weight excluding hydrogens is 416 g/mol. The maximum atomic E-state index is 13.5. The molecule has 5 rings (SSSR count). The summed E-state index contributed by atoms with van der Waals surface area (Å²) in [6, 6.07) is 25.5. The zero-order valence-electron chi connectivity index (χ0n) is 17.7. The molecule has 4 nitrogen and oxygen atoms in total. The van der Waals surface area contributed by atoms with E-state index in [1.54, 1.807) is 24.3 Å². The van der Waals surface area contributed by atoms with Gasteiger partial charge >= 0.3 is 0 Å². The predicted molar refractivity (Wildman–Crippen MR) is 131 cm³/mol. The lowest BCUT2D eigenvalue weighted by Gasteiger charge is -2.23. The molecule has 0 unspecified atom stereocenters. The van der Waals surface area contributed by atoms with Crippen LogP contribution in [-0.4, -0.2) is 18.4 Å². The smallest absolute Gasteiger partial charge is 0.265 e. The molecule has 32 heavy (non-hydrogen) atoms. The van der Waals surface area contributed by atoms with E-state index < -0.39 is 0 Å². The zero-order chi connectivity index (χ0) is 22.1. The Bertz CT molecular complexity index is 1310. The first-order valence-electron chi connectivity index (χ1n) is 10.6. The number of carbonyl (C=O) groups is 2. The largest absolute Gasteiger partial charge is 0.321 e.